The molecule has 0 aromatic carbocycles. The van der Waals surface area contributed by atoms with Gasteiger partial charge in [0.05, 0.1) is 0 Å². The molecule has 0 radical (unpaired) electrons. The number of aliphatic carboxylic acids is 1. The first kappa shape index (κ1) is 27.0. The summed E-state index contributed by atoms with van der Waals surface area (Å²) in [6, 6.07) is 0. The van der Waals surface area contributed by atoms with Crippen LogP contribution >= 0.6 is 0 Å². The highest BCUT2D eigenvalue weighted by Gasteiger charge is 2.15. The van der Waals surface area contributed by atoms with E-state index in [0.717, 1.165) is 31.6 Å². The maximum Gasteiger partial charge on any atom is 0.407 e. The Morgan fingerprint density at radius 3 is 2.08 bits per heavy atom. The highest BCUT2D eigenvalue weighted by molar-refractivity contribution is 5.68. The first-order valence-corrected chi connectivity index (χ1v) is 10.6. The van der Waals surface area contributed by atoms with Gasteiger partial charge in [0.15, 0.2) is 0 Å². The van der Waals surface area contributed by atoms with Crippen LogP contribution in [0.25, 0.3) is 0 Å². The van der Waals surface area contributed by atoms with E-state index in [0.29, 0.717) is 13.0 Å². The summed E-state index contributed by atoms with van der Waals surface area (Å²) in [6.07, 6.45) is 10.2. The van der Waals surface area contributed by atoms with E-state index in [2.05, 4.69) is 26.1 Å². The third kappa shape index (κ3) is 20.8. The summed E-state index contributed by atoms with van der Waals surface area (Å²) in [7, 11) is 0. The van der Waals surface area contributed by atoms with E-state index in [4.69, 9.17) is 9.84 Å². The summed E-state index contributed by atoms with van der Waals surface area (Å²) in [6.45, 7) is 11.5. The molecule has 0 fully saturated rings. The summed E-state index contributed by atoms with van der Waals surface area (Å²) >= 11 is 0. The van der Waals surface area contributed by atoms with Crippen LogP contribution in [0.15, 0.2) is 0 Å². The zero-order valence-corrected chi connectivity index (χ0v) is 17.8. The van der Waals surface area contributed by atoms with Gasteiger partial charge in [-0.2, -0.15) is 0 Å². The largest absolute Gasteiger partial charge is 0.481 e. The van der Waals surface area contributed by atoms with Crippen molar-refractivity contribution < 1.29 is 19.4 Å². The summed E-state index contributed by atoms with van der Waals surface area (Å²) in [4.78, 5) is 21.8. The molecule has 0 aliphatic carbocycles. The van der Waals surface area contributed by atoms with E-state index in [9.17, 15) is 9.59 Å². The molecule has 0 heterocycles. The number of carboxylic acid groups (broad SMARTS) is 1. The van der Waals surface area contributed by atoms with Crippen LogP contribution in [-0.4, -0.2) is 29.8 Å². The Labute approximate surface area is 161 Å². The Bertz CT molecular complexity index is 334. The van der Waals surface area contributed by atoms with Crippen LogP contribution in [0.1, 0.15) is 105 Å². The number of carbonyl (C=O) groups excluding carboxylic acids is 1. The van der Waals surface area contributed by atoms with Crippen molar-refractivity contribution in [3.05, 3.63) is 0 Å². The van der Waals surface area contributed by atoms with E-state index in [-0.39, 0.29) is 12.5 Å². The van der Waals surface area contributed by atoms with Crippen LogP contribution in [-0.2, 0) is 9.53 Å². The first-order chi connectivity index (χ1) is 12.4. The molecule has 0 aliphatic rings. The van der Waals surface area contributed by atoms with Gasteiger partial charge >= 0.3 is 12.1 Å². The number of ether oxygens (including phenoxy) is 1. The van der Waals surface area contributed by atoms with E-state index < -0.39 is 12.1 Å². The van der Waals surface area contributed by atoms with Gasteiger partial charge in [-0.15, -0.1) is 0 Å². The van der Waals surface area contributed by atoms with Crippen molar-refractivity contribution in [3.63, 3.8) is 0 Å². The molecule has 0 saturated carbocycles. The number of hydrogen-bond acceptors (Lipinski definition) is 3. The zero-order chi connectivity index (χ0) is 20.2. The van der Waals surface area contributed by atoms with Gasteiger partial charge in [0.2, 0.25) is 0 Å². The molecule has 0 aromatic rings. The molecular weight excluding hydrogens is 330 g/mol. The maximum atomic E-state index is 11.3. The van der Waals surface area contributed by atoms with Crippen molar-refractivity contribution in [1.29, 1.82) is 0 Å². The van der Waals surface area contributed by atoms with Crippen LogP contribution in [0.4, 0.5) is 4.79 Å². The fraction of sp³-hybridized carbons (Fsp3) is 0.905. The predicted octanol–water partition coefficient (Wildman–Crippen LogP) is 6.16. The van der Waals surface area contributed by atoms with Crippen molar-refractivity contribution in [2.24, 2.45) is 5.92 Å². The molecule has 26 heavy (non-hydrogen) atoms. The fourth-order valence-electron chi connectivity index (χ4n) is 2.35. The van der Waals surface area contributed by atoms with Gasteiger partial charge in [-0.05, 0) is 25.2 Å². The summed E-state index contributed by atoms with van der Waals surface area (Å²) < 4.78 is 5.19. The van der Waals surface area contributed by atoms with Crippen LogP contribution < -0.4 is 5.32 Å². The Hall–Kier alpha value is -1.26. The minimum atomic E-state index is -0.857. The van der Waals surface area contributed by atoms with Crippen molar-refractivity contribution >= 4 is 12.1 Å². The fourth-order valence-corrected chi connectivity index (χ4v) is 2.35. The Morgan fingerprint density at radius 1 is 0.923 bits per heavy atom. The Morgan fingerprint density at radius 2 is 1.58 bits per heavy atom. The standard InChI is InChI=1S/C12H23NO4.C9H20/c1-3-5-6-10(7-8-11(14)15)17-12(16)13-9-4-2;1-4-6-7-8-9(3)5-2/h10H,3-9H2,1-2H3,(H,13,16)(H,14,15);9H,4-8H2,1-3H3. The maximum absolute atomic E-state index is 11.3. The second kappa shape index (κ2) is 20.1. The minimum Gasteiger partial charge on any atom is -0.481 e. The average molecular weight is 374 g/mol. The quantitative estimate of drug-likeness (QED) is 0.358. The summed E-state index contributed by atoms with van der Waals surface area (Å²) in [5, 5.41) is 11.2. The molecule has 0 saturated heterocycles. The average Bonchev–Trinajstić information content (AvgIpc) is 2.62. The second-order valence-electron chi connectivity index (χ2n) is 7.04. The monoisotopic (exact) mass is 373 g/mol. The van der Waals surface area contributed by atoms with Crippen molar-refractivity contribution in [2.45, 2.75) is 111 Å². The number of nitrogens with one attached hydrogen (secondary N) is 1. The lowest BCUT2D eigenvalue weighted by molar-refractivity contribution is -0.137. The van der Waals surface area contributed by atoms with Gasteiger partial charge in [-0.1, -0.05) is 79.6 Å². The number of alkyl carbamates (subject to hydrolysis) is 1. The summed E-state index contributed by atoms with van der Waals surface area (Å²) in [5.41, 5.74) is 0. The molecule has 2 atom stereocenters. The Balaban J connectivity index is 0. The zero-order valence-electron chi connectivity index (χ0n) is 17.8. The first-order valence-electron chi connectivity index (χ1n) is 10.6. The molecule has 2 N–H and O–H groups in total. The number of amides is 1. The van der Waals surface area contributed by atoms with Gasteiger partial charge in [0.1, 0.15) is 6.10 Å². The van der Waals surface area contributed by atoms with Gasteiger partial charge in [0.25, 0.3) is 0 Å². The van der Waals surface area contributed by atoms with Crippen molar-refractivity contribution in [2.75, 3.05) is 6.54 Å². The number of hydrogen-bond donors (Lipinski definition) is 2. The van der Waals surface area contributed by atoms with E-state index in [1.165, 1.54) is 32.1 Å². The smallest absolute Gasteiger partial charge is 0.407 e. The minimum absolute atomic E-state index is 0.0371. The number of carboxylic acids is 1. The molecule has 5 heteroatoms. The van der Waals surface area contributed by atoms with Crippen LogP contribution in [0.2, 0.25) is 0 Å². The van der Waals surface area contributed by atoms with E-state index in [1.807, 2.05) is 13.8 Å². The second-order valence-corrected chi connectivity index (χ2v) is 7.04. The molecule has 0 bridgehead atoms. The third-order valence-electron chi connectivity index (χ3n) is 4.35. The molecule has 0 spiro atoms. The Kier molecular flexibility index (Phi) is 20.8. The highest BCUT2D eigenvalue weighted by Crippen LogP contribution is 2.12. The van der Waals surface area contributed by atoms with Gasteiger partial charge in [-0.3, -0.25) is 4.79 Å². The molecule has 0 aliphatic heterocycles. The lowest BCUT2D eigenvalue weighted by Crippen LogP contribution is -2.29. The molecule has 2 unspecified atom stereocenters. The SMILES string of the molecule is CCCCC(CCC(=O)O)OC(=O)NCCC.CCCCCC(C)CC. The lowest BCUT2D eigenvalue weighted by Gasteiger charge is -2.17. The summed E-state index contributed by atoms with van der Waals surface area (Å²) in [5.74, 6) is 0.0978. The van der Waals surface area contributed by atoms with Gasteiger partial charge < -0.3 is 15.2 Å². The van der Waals surface area contributed by atoms with Crippen molar-refractivity contribution in [1.82, 2.24) is 5.32 Å². The topological polar surface area (TPSA) is 75.6 Å². The number of carbonyl (C=O) groups is 2. The molecular formula is C21H43NO4. The normalized spacial score (nSPS) is 12.5. The predicted molar refractivity (Wildman–Crippen MR) is 109 cm³/mol. The molecule has 0 aromatic heterocycles. The van der Waals surface area contributed by atoms with Gasteiger partial charge in [0, 0.05) is 13.0 Å². The van der Waals surface area contributed by atoms with Crippen LogP contribution in [0.3, 0.4) is 0 Å². The number of rotatable bonds is 14. The highest BCUT2D eigenvalue weighted by atomic mass is 16.6. The van der Waals surface area contributed by atoms with E-state index in [1.54, 1.807) is 0 Å². The molecule has 1 amide bonds. The van der Waals surface area contributed by atoms with E-state index >= 15 is 0 Å². The van der Waals surface area contributed by atoms with Crippen molar-refractivity contribution in [3.8, 4) is 0 Å². The van der Waals surface area contributed by atoms with Crippen LogP contribution in [0, 0.1) is 5.92 Å². The number of unbranched alkanes of at least 4 members (excludes halogenated alkanes) is 3. The molecule has 156 valence electrons. The lowest BCUT2D eigenvalue weighted by atomic mass is 10.0. The molecule has 5 nitrogen and oxygen atoms in total. The van der Waals surface area contributed by atoms with Gasteiger partial charge in [-0.25, -0.2) is 4.79 Å². The third-order valence-corrected chi connectivity index (χ3v) is 4.35. The van der Waals surface area contributed by atoms with Crippen LogP contribution in [0.5, 0.6) is 0 Å². The molecule has 0 rings (SSSR count).